The molecule has 2 aromatic carbocycles. The van der Waals surface area contributed by atoms with E-state index in [1.54, 1.807) is 17.0 Å². The molecule has 0 aromatic heterocycles. The van der Waals surface area contributed by atoms with Crippen LogP contribution in [0, 0.1) is 6.92 Å². The maximum atomic E-state index is 13.2. The van der Waals surface area contributed by atoms with Crippen molar-refractivity contribution in [2.75, 3.05) is 6.61 Å². The highest BCUT2D eigenvalue weighted by atomic mass is 79.9. The van der Waals surface area contributed by atoms with Crippen molar-refractivity contribution in [3.63, 3.8) is 0 Å². The standard InChI is InChI=1S/C24H30BrClN2O3/c1-6-21(23(30)27-24(3,4)5)28(14-17-9-7-8-10-20(17)26)22(29)15-31-18-11-12-19(25)16(2)13-18/h7-13,21H,6,14-15H2,1-5H3,(H,27,30). The van der Waals surface area contributed by atoms with E-state index < -0.39 is 11.6 Å². The molecular formula is C24H30BrClN2O3. The van der Waals surface area contributed by atoms with Crippen LogP contribution in [0.2, 0.25) is 5.02 Å². The van der Waals surface area contributed by atoms with Gasteiger partial charge in [0.05, 0.1) is 0 Å². The van der Waals surface area contributed by atoms with Crippen molar-refractivity contribution in [1.29, 1.82) is 0 Å². The predicted molar refractivity (Wildman–Crippen MR) is 128 cm³/mol. The van der Waals surface area contributed by atoms with Gasteiger partial charge in [-0.1, -0.05) is 52.7 Å². The molecule has 0 aliphatic heterocycles. The number of nitrogens with one attached hydrogen (secondary N) is 1. The number of amides is 2. The summed E-state index contributed by atoms with van der Waals surface area (Å²) in [7, 11) is 0. The van der Waals surface area contributed by atoms with Crippen molar-refractivity contribution >= 4 is 39.3 Å². The summed E-state index contributed by atoms with van der Waals surface area (Å²) < 4.78 is 6.72. The predicted octanol–water partition coefficient (Wildman–Crippen LogP) is 5.51. The van der Waals surface area contributed by atoms with E-state index in [4.69, 9.17) is 16.3 Å². The minimum Gasteiger partial charge on any atom is -0.484 e. The zero-order chi connectivity index (χ0) is 23.2. The number of hydrogen-bond donors (Lipinski definition) is 1. The summed E-state index contributed by atoms with van der Waals surface area (Å²) >= 11 is 9.79. The Kier molecular flexibility index (Phi) is 8.95. The molecule has 1 unspecified atom stereocenters. The molecule has 2 rings (SSSR count). The fourth-order valence-electron chi connectivity index (χ4n) is 3.12. The van der Waals surface area contributed by atoms with Crippen molar-refractivity contribution in [3.8, 4) is 5.75 Å². The van der Waals surface area contributed by atoms with Crippen LogP contribution in [0.5, 0.6) is 5.75 Å². The first-order valence-corrected chi connectivity index (χ1v) is 11.4. The first kappa shape index (κ1) is 25.2. The highest BCUT2D eigenvalue weighted by Gasteiger charge is 2.31. The molecule has 1 N–H and O–H groups in total. The van der Waals surface area contributed by atoms with Gasteiger partial charge in [-0.3, -0.25) is 9.59 Å². The minimum absolute atomic E-state index is 0.176. The molecule has 1 atom stereocenters. The molecule has 0 fully saturated rings. The minimum atomic E-state index is -0.641. The number of hydrogen-bond acceptors (Lipinski definition) is 3. The molecule has 0 saturated carbocycles. The lowest BCUT2D eigenvalue weighted by molar-refractivity contribution is -0.143. The Morgan fingerprint density at radius 1 is 1.19 bits per heavy atom. The van der Waals surface area contributed by atoms with Crippen molar-refractivity contribution < 1.29 is 14.3 Å². The summed E-state index contributed by atoms with van der Waals surface area (Å²) in [6, 6.07) is 12.2. The first-order valence-electron chi connectivity index (χ1n) is 10.3. The number of halogens is 2. The van der Waals surface area contributed by atoms with Gasteiger partial charge in [0, 0.05) is 21.6 Å². The summed E-state index contributed by atoms with van der Waals surface area (Å²) in [5.74, 6) is 0.116. The van der Waals surface area contributed by atoms with E-state index in [1.165, 1.54) is 0 Å². The van der Waals surface area contributed by atoms with Crippen LogP contribution in [0.4, 0.5) is 0 Å². The Balaban J connectivity index is 2.26. The van der Waals surface area contributed by atoms with Crippen LogP contribution < -0.4 is 10.1 Å². The molecule has 0 spiro atoms. The average molecular weight is 510 g/mol. The van der Waals surface area contributed by atoms with E-state index in [0.717, 1.165) is 15.6 Å². The van der Waals surface area contributed by atoms with Crippen LogP contribution in [0.15, 0.2) is 46.9 Å². The largest absolute Gasteiger partial charge is 0.484 e. The Bertz CT molecular complexity index is 927. The molecule has 2 aromatic rings. The topological polar surface area (TPSA) is 58.6 Å². The quantitative estimate of drug-likeness (QED) is 0.510. The van der Waals surface area contributed by atoms with Gasteiger partial charge in [0.15, 0.2) is 6.61 Å². The molecule has 0 saturated heterocycles. The molecule has 5 nitrogen and oxygen atoms in total. The van der Waals surface area contributed by atoms with Crippen molar-refractivity contribution in [3.05, 3.63) is 63.1 Å². The Morgan fingerprint density at radius 2 is 1.87 bits per heavy atom. The number of aryl methyl sites for hydroxylation is 1. The fourth-order valence-corrected chi connectivity index (χ4v) is 3.56. The third kappa shape index (κ3) is 7.54. The van der Waals surface area contributed by atoms with Crippen LogP contribution in [-0.2, 0) is 16.1 Å². The summed E-state index contributed by atoms with van der Waals surface area (Å²) in [5, 5.41) is 3.53. The maximum Gasteiger partial charge on any atom is 0.261 e. The Labute approximate surface area is 198 Å². The molecule has 2 amide bonds. The SMILES string of the molecule is CCC(C(=O)NC(C)(C)C)N(Cc1ccccc1Cl)C(=O)COc1ccc(Br)c(C)c1. The molecular weight excluding hydrogens is 480 g/mol. The molecule has 0 heterocycles. The third-order valence-electron chi connectivity index (χ3n) is 4.67. The maximum absolute atomic E-state index is 13.2. The van der Waals surface area contributed by atoms with E-state index in [1.807, 2.05) is 65.0 Å². The lowest BCUT2D eigenvalue weighted by Crippen LogP contribution is -2.54. The number of ether oxygens (including phenoxy) is 1. The van der Waals surface area contributed by atoms with Gasteiger partial charge >= 0.3 is 0 Å². The molecule has 0 aliphatic carbocycles. The van der Waals surface area contributed by atoms with Gasteiger partial charge < -0.3 is 15.0 Å². The number of nitrogens with zero attached hydrogens (tertiary/aromatic N) is 1. The van der Waals surface area contributed by atoms with E-state index in [0.29, 0.717) is 17.2 Å². The van der Waals surface area contributed by atoms with E-state index >= 15 is 0 Å². The molecule has 31 heavy (non-hydrogen) atoms. The van der Waals surface area contributed by atoms with Gasteiger partial charge in [-0.25, -0.2) is 0 Å². The number of carbonyl (C=O) groups is 2. The van der Waals surface area contributed by atoms with Crippen LogP contribution in [0.25, 0.3) is 0 Å². The second-order valence-electron chi connectivity index (χ2n) is 8.48. The number of carbonyl (C=O) groups excluding carboxylic acids is 2. The lowest BCUT2D eigenvalue weighted by atomic mass is 10.1. The zero-order valence-corrected chi connectivity index (χ0v) is 21.0. The number of rotatable bonds is 8. The van der Waals surface area contributed by atoms with Gasteiger partial charge in [0.2, 0.25) is 5.91 Å². The van der Waals surface area contributed by atoms with Crippen LogP contribution in [0.1, 0.15) is 45.2 Å². The molecule has 0 radical (unpaired) electrons. The third-order valence-corrected chi connectivity index (χ3v) is 5.93. The highest BCUT2D eigenvalue weighted by molar-refractivity contribution is 9.10. The van der Waals surface area contributed by atoms with Crippen LogP contribution in [-0.4, -0.2) is 34.9 Å². The Morgan fingerprint density at radius 3 is 2.45 bits per heavy atom. The summed E-state index contributed by atoms with van der Waals surface area (Å²) in [6.45, 7) is 9.62. The van der Waals surface area contributed by atoms with Gasteiger partial charge in [-0.15, -0.1) is 0 Å². The van der Waals surface area contributed by atoms with E-state index in [-0.39, 0.29) is 25.0 Å². The zero-order valence-electron chi connectivity index (χ0n) is 18.7. The number of benzene rings is 2. The first-order chi connectivity index (χ1) is 14.5. The summed E-state index contributed by atoms with van der Waals surface area (Å²) in [4.78, 5) is 27.8. The average Bonchev–Trinajstić information content (AvgIpc) is 2.68. The second kappa shape index (κ2) is 11.0. The molecule has 0 aliphatic rings. The smallest absolute Gasteiger partial charge is 0.261 e. The van der Waals surface area contributed by atoms with Crippen LogP contribution >= 0.6 is 27.5 Å². The monoisotopic (exact) mass is 508 g/mol. The van der Waals surface area contributed by atoms with Gasteiger partial charge in [-0.05, 0) is 69.5 Å². The highest BCUT2D eigenvalue weighted by Crippen LogP contribution is 2.23. The fraction of sp³-hybridized carbons (Fsp3) is 0.417. The van der Waals surface area contributed by atoms with E-state index in [9.17, 15) is 9.59 Å². The molecule has 0 bridgehead atoms. The van der Waals surface area contributed by atoms with Gasteiger partial charge in [0.25, 0.3) is 5.91 Å². The lowest BCUT2D eigenvalue weighted by Gasteiger charge is -2.33. The molecule has 7 heteroatoms. The normalized spacial score (nSPS) is 12.2. The van der Waals surface area contributed by atoms with Crippen molar-refractivity contribution in [2.24, 2.45) is 0 Å². The second-order valence-corrected chi connectivity index (χ2v) is 9.74. The summed E-state index contributed by atoms with van der Waals surface area (Å²) in [5.41, 5.74) is 1.38. The van der Waals surface area contributed by atoms with Gasteiger partial charge in [-0.2, -0.15) is 0 Å². The van der Waals surface area contributed by atoms with Crippen molar-refractivity contribution in [1.82, 2.24) is 10.2 Å². The molecule has 168 valence electrons. The Hall–Kier alpha value is -2.05. The van der Waals surface area contributed by atoms with Crippen molar-refractivity contribution in [2.45, 2.75) is 59.2 Å². The van der Waals surface area contributed by atoms with Crippen LogP contribution in [0.3, 0.4) is 0 Å². The summed E-state index contributed by atoms with van der Waals surface area (Å²) in [6.07, 6.45) is 0.468. The van der Waals surface area contributed by atoms with E-state index in [2.05, 4.69) is 21.2 Å². The van der Waals surface area contributed by atoms with Gasteiger partial charge in [0.1, 0.15) is 11.8 Å².